The molecule has 21 heavy (non-hydrogen) atoms. The second-order valence-electron chi connectivity index (χ2n) is 6.74. The van der Waals surface area contributed by atoms with E-state index in [1.807, 2.05) is 12.1 Å². The molecule has 2 nitrogen and oxygen atoms in total. The summed E-state index contributed by atoms with van der Waals surface area (Å²) in [7, 11) is 0. The largest absolute Gasteiger partial charge is 0.309 e. The molecule has 1 fully saturated rings. The summed E-state index contributed by atoms with van der Waals surface area (Å²) in [4.78, 5) is 2.48. The zero-order chi connectivity index (χ0) is 15.5. The molecule has 0 aliphatic carbocycles. The summed E-state index contributed by atoms with van der Waals surface area (Å²) >= 11 is 0. The van der Waals surface area contributed by atoms with Gasteiger partial charge in [-0.05, 0) is 25.3 Å². The fourth-order valence-corrected chi connectivity index (χ4v) is 3.19. The third-order valence-electron chi connectivity index (χ3n) is 5.17. The minimum atomic E-state index is -0.0860. The molecule has 2 rings (SSSR count). The summed E-state index contributed by atoms with van der Waals surface area (Å²) in [6, 6.07) is 7.65. The predicted molar refractivity (Wildman–Crippen MR) is 86.8 cm³/mol. The van der Waals surface area contributed by atoms with Crippen LogP contribution in [-0.4, -0.2) is 29.6 Å². The van der Waals surface area contributed by atoms with Crippen molar-refractivity contribution in [3.63, 3.8) is 0 Å². The highest BCUT2D eigenvalue weighted by molar-refractivity contribution is 5.17. The number of hydrogen-bond acceptors (Lipinski definition) is 2. The van der Waals surface area contributed by atoms with Crippen LogP contribution in [0.4, 0.5) is 4.39 Å². The van der Waals surface area contributed by atoms with Crippen LogP contribution in [0.5, 0.6) is 0 Å². The number of benzene rings is 1. The Labute approximate surface area is 128 Å². The molecule has 3 unspecified atom stereocenters. The Morgan fingerprint density at radius 3 is 2.71 bits per heavy atom. The lowest BCUT2D eigenvalue weighted by Crippen LogP contribution is -2.63. The normalized spacial score (nSPS) is 28.5. The van der Waals surface area contributed by atoms with Gasteiger partial charge in [0.15, 0.2) is 0 Å². The quantitative estimate of drug-likeness (QED) is 0.887. The number of nitrogens with one attached hydrogen (secondary N) is 1. The summed E-state index contributed by atoms with van der Waals surface area (Å²) < 4.78 is 14.0. The van der Waals surface area contributed by atoms with E-state index in [1.165, 1.54) is 0 Å². The van der Waals surface area contributed by atoms with Crippen LogP contribution in [0.1, 0.15) is 46.1 Å². The van der Waals surface area contributed by atoms with Gasteiger partial charge in [-0.3, -0.25) is 4.90 Å². The van der Waals surface area contributed by atoms with Gasteiger partial charge in [-0.1, -0.05) is 45.4 Å². The summed E-state index contributed by atoms with van der Waals surface area (Å²) in [6.45, 7) is 11.7. The van der Waals surface area contributed by atoms with Crippen LogP contribution in [0.25, 0.3) is 0 Å². The molecule has 0 radical (unpaired) electrons. The van der Waals surface area contributed by atoms with Crippen LogP contribution < -0.4 is 5.32 Å². The molecule has 1 aromatic carbocycles. The Morgan fingerprint density at radius 1 is 1.38 bits per heavy atom. The molecule has 1 heterocycles. The number of hydrogen-bond donors (Lipinski definition) is 1. The second kappa shape index (κ2) is 6.89. The van der Waals surface area contributed by atoms with E-state index < -0.39 is 0 Å². The minimum Gasteiger partial charge on any atom is -0.309 e. The minimum absolute atomic E-state index is 0.0860. The first-order chi connectivity index (χ1) is 9.99. The van der Waals surface area contributed by atoms with Gasteiger partial charge in [-0.2, -0.15) is 0 Å². The molecule has 1 aromatic rings. The fourth-order valence-electron chi connectivity index (χ4n) is 3.19. The third-order valence-corrected chi connectivity index (χ3v) is 5.17. The van der Waals surface area contributed by atoms with Crippen molar-refractivity contribution in [3.05, 3.63) is 35.6 Å². The van der Waals surface area contributed by atoms with Crippen LogP contribution in [-0.2, 0) is 6.54 Å². The van der Waals surface area contributed by atoms with E-state index in [-0.39, 0.29) is 11.4 Å². The summed E-state index contributed by atoms with van der Waals surface area (Å²) in [5.41, 5.74) is 0.945. The molecular weight excluding hydrogens is 263 g/mol. The molecule has 0 aromatic heterocycles. The van der Waals surface area contributed by atoms with Crippen molar-refractivity contribution in [1.29, 1.82) is 0 Å². The van der Waals surface area contributed by atoms with Crippen molar-refractivity contribution in [1.82, 2.24) is 10.2 Å². The van der Waals surface area contributed by atoms with Crippen LogP contribution in [0.2, 0.25) is 0 Å². The first kappa shape index (κ1) is 16.4. The lowest BCUT2D eigenvalue weighted by molar-refractivity contribution is 0.0479. The van der Waals surface area contributed by atoms with Gasteiger partial charge in [0, 0.05) is 36.8 Å². The highest BCUT2D eigenvalue weighted by Crippen LogP contribution is 2.26. The van der Waals surface area contributed by atoms with Gasteiger partial charge in [0.25, 0.3) is 0 Å². The van der Waals surface area contributed by atoms with Crippen molar-refractivity contribution in [2.45, 2.75) is 58.7 Å². The van der Waals surface area contributed by atoms with Crippen LogP contribution in [0.3, 0.4) is 0 Å². The van der Waals surface area contributed by atoms with Crippen molar-refractivity contribution >= 4 is 0 Å². The van der Waals surface area contributed by atoms with Crippen LogP contribution in [0, 0.1) is 11.7 Å². The Hall–Kier alpha value is -0.930. The fraction of sp³-hybridized carbons (Fsp3) is 0.667. The molecule has 0 bridgehead atoms. The van der Waals surface area contributed by atoms with Gasteiger partial charge in [-0.15, -0.1) is 0 Å². The monoisotopic (exact) mass is 292 g/mol. The van der Waals surface area contributed by atoms with E-state index in [2.05, 4.69) is 37.9 Å². The van der Waals surface area contributed by atoms with Gasteiger partial charge < -0.3 is 5.32 Å². The lowest BCUT2D eigenvalue weighted by Gasteiger charge is -2.48. The van der Waals surface area contributed by atoms with Crippen molar-refractivity contribution in [2.75, 3.05) is 13.1 Å². The van der Waals surface area contributed by atoms with Crippen molar-refractivity contribution in [2.24, 2.45) is 5.92 Å². The molecule has 3 heteroatoms. The first-order valence-corrected chi connectivity index (χ1v) is 8.21. The molecule has 0 saturated carbocycles. The van der Waals surface area contributed by atoms with Gasteiger partial charge in [0.2, 0.25) is 0 Å². The molecule has 1 aliphatic rings. The Balaban J connectivity index is 2.19. The molecule has 1 saturated heterocycles. The predicted octanol–water partition coefficient (Wildman–Crippen LogP) is 3.81. The van der Waals surface area contributed by atoms with E-state index in [0.29, 0.717) is 18.5 Å². The first-order valence-electron chi connectivity index (χ1n) is 8.21. The molecule has 118 valence electrons. The highest BCUT2D eigenvalue weighted by atomic mass is 19.1. The SMILES string of the molecule is CCC(C)C1CNC(C)(CC)CN1Cc1ccccc1F. The Morgan fingerprint density at radius 2 is 2.10 bits per heavy atom. The van der Waals surface area contributed by atoms with Gasteiger partial charge >= 0.3 is 0 Å². The average molecular weight is 292 g/mol. The third kappa shape index (κ3) is 3.83. The number of halogens is 1. The van der Waals surface area contributed by atoms with Crippen LogP contribution in [0.15, 0.2) is 24.3 Å². The average Bonchev–Trinajstić information content (AvgIpc) is 2.49. The van der Waals surface area contributed by atoms with Crippen molar-refractivity contribution in [3.8, 4) is 0 Å². The molecule has 1 aliphatic heterocycles. The Bertz CT molecular complexity index is 462. The van der Waals surface area contributed by atoms with E-state index in [9.17, 15) is 4.39 Å². The smallest absolute Gasteiger partial charge is 0.127 e. The maximum atomic E-state index is 14.0. The summed E-state index contributed by atoms with van der Waals surface area (Å²) in [5.74, 6) is 0.530. The topological polar surface area (TPSA) is 15.3 Å². The number of nitrogens with zero attached hydrogens (tertiary/aromatic N) is 1. The summed E-state index contributed by atoms with van der Waals surface area (Å²) in [6.07, 6.45) is 2.25. The lowest BCUT2D eigenvalue weighted by atomic mass is 9.88. The van der Waals surface area contributed by atoms with Crippen LogP contribution >= 0.6 is 0 Å². The van der Waals surface area contributed by atoms with E-state index >= 15 is 0 Å². The maximum Gasteiger partial charge on any atom is 0.127 e. The van der Waals surface area contributed by atoms with Crippen molar-refractivity contribution < 1.29 is 4.39 Å². The molecule has 3 atom stereocenters. The molecular formula is C18H29FN2. The maximum absolute atomic E-state index is 14.0. The van der Waals surface area contributed by atoms with E-state index in [0.717, 1.165) is 31.5 Å². The van der Waals surface area contributed by atoms with E-state index in [1.54, 1.807) is 12.1 Å². The molecule has 0 spiro atoms. The second-order valence-corrected chi connectivity index (χ2v) is 6.74. The zero-order valence-corrected chi connectivity index (χ0v) is 13.8. The number of rotatable bonds is 5. The Kier molecular flexibility index (Phi) is 5.39. The highest BCUT2D eigenvalue weighted by Gasteiger charge is 2.36. The van der Waals surface area contributed by atoms with Gasteiger partial charge in [-0.25, -0.2) is 4.39 Å². The zero-order valence-electron chi connectivity index (χ0n) is 13.8. The van der Waals surface area contributed by atoms with Gasteiger partial charge in [0.1, 0.15) is 5.82 Å². The summed E-state index contributed by atoms with van der Waals surface area (Å²) in [5, 5.41) is 3.71. The standard InChI is InChI=1S/C18H29FN2/c1-5-14(3)17-11-20-18(4,6-2)13-21(17)12-15-9-7-8-10-16(15)19/h7-10,14,17,20H,5-6,11-13H2,1-4H3. The number of piperazine rings is 1. The molecule has 0 amide bonds. The van der Waals surface area contributed by atoms with E-state index in [4.69, 9.17) is 0 Å². The molecule has 1 N–H and O–H groups in total. The van der Waals surface area contributed by atoms with Gasteiger partial charge in [0.05, 0.1) is 0 Å².